The van der Waals surface area contributed by atoms with E-state index in [2.05, 4.69) is 58.8 Å². The zero-order valence-corrected chi connectivity index (χ0v) is 11.7. The quantitative estimate of drug-likeness (QED) is 0.701. The minimum atomic E-state index is 0.641. The van der Waals surface area contributed by atoms with Crippen molar-refractivity contribution in [2.24, 2.45) is 11.8 Å². The number of nitrogens with zero attached hydrogens (tertiary/aromatic N) is 1. The van der Waals surface area contributed by atoms with E-state index in [0.717, 1.165) is 19.0 Å². The lowest BCUT2D eigenvalue weighted by Gasteiger charge is -2.37. The van der Waals surface area contributed by atoms with E-state index in [1.54, 1.807) is 0 Å². The van der Waals surface area contributed by atoms with E-state index in [-0.39, 0.29) is 0 Å². The van der Waals surface area contributed by atoms with E-state index in [0.29, 0.717) is 18.0 Å². The molecule has 1 N–H and O–H groups in total. The molecule has 0 bridgehead atoms. The van der Waals surface area contributed by atoms with Crippen LogP contribution < -0.4 is 5.32 Å². The van der Waals surface area contributed by atoms with Gasteiger partial charge in [0.1, 0.15) is 0 Å². The average molecular weight is 214 g/mol. The van der Waals surface area contributed by atoms with Gasteiger partial charge in [-0.25, -0.2) is 0 Å². The lowest BCUT2D eigenvalue weighted by Crippen LogP contribution is -2.49. The Hall–Kier alpha value is -0.0800. The molecule has 0 rings (SSSR count). The van der Waals surface area contributed by atoms with Gasteiger partial charge in [-0.3, -0.25) is 4.90 Å². The third kappa shape index (κ3) is 4.98. The summed E-state index contributed by atoms with van der Waals surface area (Å²) in [5.41, 5.74) is 0. The summed E-state index contributed by atoms with van der Waals surface area (Å²) in [6.07, 6.45) is 0. The monoisotopic (exact) mass is 214 g/mol. The molecule has 0 aliphatic carbocycles. The van der Waals surface area contributed by atoms with E-state index in [4.69, 9.17) is 0 Å². The summed E-state index contributed by atoms with van der Waals surface area (Å²) in [4.78, 5) is 2.53. The van der Waals surface area contributed by atoms with Crippen molar-refractivity contribution in [3.63, 3.8) is 0 Å². The number of hydrogen-bond donors (Lipinski definition) is 1. The molecule has 0 aromatic carbocycles. The second kappa shape index (κ2) is 7.24. The third-order valence-corrected chi connectivity index (χ3v) is 3.50. The second-order valence-corrected chi connectivity index (χ2v) is 5.27. The van der Waals surface area contributed by atoms with Crippen LogP contribution in [0.1, 0.15) is 41.5 Å². The van der Waals surface area contributed by atoms with Crippen LogP contribution in [0.15, 0.2) is 0 Å². The van der Waals surface area contributed by atoms with E-state index in [1.807, 2.05) is 0 Å². The Bertz CT molecular complexity index is 155. The zero-order chi connectivity index (χ0) is 12.0. The Morgan fingerprint density at radius 3 is 1.87 bits per heavy atom. The molecule has 0 amide bonds. The van der Waals surface area contributed by atoms with Gasteiger partial charge in [0.05, 0.1) is 0 Å². The Balaban J connectivity index is 4.33. The van der Waals surface area contributed by atoms with Crippen LogP contribution in [0.5, 0.6) is 0 Å². The second-order valence-electron chi connectivity index (χ2n) is 5.27. The fourth-order valence-electron chi connectivity index (χ4n) is 1.91. The molecule has 0 saturated carbocycles. The van der Waals surface area contributed by atoms with Crippen molar-refractivity contribution in [2.75, 3.05) is 20.1 Å². The molecule has 2 unspecified atom stereocenters. The van der Waals surface area contributed by atoms with Crippen molar-refractivity contribution in [3.05, 3.63) is 0 Å². The molecular formula is C13H30N2. The van der Waals surface area contributed by atoms with Gasteiger partial charge < -0.3 is 5.32 Å². The maximum atomic E-state index is 3.46. The number of nitrogens with one attached hydrogen (secondary N) is 1. The molecule has 0 spiro atoms. The van der Waals surface area contributed by atoms with E-state index < -0.39 is 0 Å². The largest absolute Gasteiger partial charge is 0.315 e. The van der Waals surface area contributed by atoms with Crippen LogP contribution in [0.4, 0.5) is 0 Å². The number of rotatable bonds is 7. The topological polar surface area (TPSA) is 15.3 Å². The predicted molar refractivity (Wildman–Crippen MR) is 69.2 cm³/mol. The first-order valence-electron chi connectivity index (χ1n) is 6.34. The third-order valence-electron chi connectivity index (χ3n) is 3.50. The lowest BCUT2D eigenvalue weighted by molar-refractivity contribution is 0.115. The molecule has 92 valence electrons. The summed E-state index contributed by atoms with van der Waals surface area (Å²) in [6, 6.07) is 1.29. The minimum Gasteiger partial charge on any atom is -0.315 e. The van der Waals surface area contributed by atoms with Crippen molar-refractivity contribution < 1.29 is 0 Å². The smallest absolute Gasteiger partial charge is 0.0243 e. The summed E-state index contributed by atoms with van der Waals surface area (Å²) >= 11 is 0. The van der Waals surface area contributed by atoms with Gasteiger partial charge in [0, 0.05) is 18.6 Å². The highest BCUT2D eigenvalue weighted by molar-refractivity contribution is 4.79. The molecule has 0 heterocycles. The van der Waals surface area contributed by atoms with Gasteiger partial charge in [-0.15, -0.1) is 0 Å². The Labute approximate surface area is 96.4 Å². The molecule has 2 atom stereocenters. The minimum absolute atomic E-state index is 0.641. The van der Waals surface area contributed by atoms with Crippen molar-refractivity contribution in [3.8, 4) is 0 Å². The van der Waals surface area contributed by atoms with Crippen LogP contribution in [-0.2, 0) is 0 Å². The summed E-state index contributed by atoms with van der Waals surface area (Å²) in [6.45, 7) is 15.9. The first-order valence-corrected chi connectivity index (χ1v) is 6.34. The highest BCUT2D eigenvalue weighted by Crippen LogP contribution is 2.16. The maximum absolute atomic E-state index is 3.46. The SMILES string of the molecule is CCNCC(C(C)C)N(C)C(C)C(C)C. The average Bonchev–Trinajstić information content (AvgIpc) is 2.16. The van der Waals surface area contributed by atoms with Gasteiger partial charge in [0.25, 0.3) is 0 Å². The van der Waals surface area contributed by atoms with E-state index >= 15 is 0 Å². The molecule has 0 aliphatic heterocycles. The summed E-state index contributed by atoms with van der Waals surface area (Å²) < 4.78 is 0. The normalized spacial score (nSPS) is 16.4. The summed E-state index contributed by atoms with van der Waals surface area (Å²) in [5.74, 6) is 1.42. The predicted octanol–water partition coefficient (Wildman–Crippen LogP) is 2.60. The van der Waals surface area contributed by atoms with Crippen LogP contribution in [0.3, 0.4) is 0 Å². The van der Waals surface area contributed by atoms with Gasteiger partial charge in [0.15, 0.2) is 0 Å². The molecule has 0 saturated heterocycles. The molecule has 2 nitrogen and oxygen atoms in total. The Morgan fingerprint density at radius 2 is 1.53 bits per heavy atom. The fourth-order valence-corrected chi connectivity index (χ4v) is 1.91. The van der Waals surface area contributed by atoms with Crippen molar-refractivity contribution in [2.45, 2.75) is 53.6 Å². The molecule has 0 fully saturated rings. The molecule has 2 heteroatoms. The highest BCUT2D eigenvalue weighted by Gasteiger charge is 2.23. The fraction of sp³-hybridized carbons (Fsp3) is 1.00. The van der Waals surface area contributed by atoms with Gasteiger partial charge in [-0.2, -0.15) is 0 Å². The van der Waals surface area contributed by atoms with Crippen molar-refractivity contribution >= 4 is 0 Å². The van der Waals surface area contributed by atoms with Gasteiger partial charge in [-0.05, 0) is 32.4 Å². The van der Waals surface area contributed by atoms with E-state index in [1.165, 1.54) is 0 Å². The molecule has 0 aromatic heterocycles. The van der Waals surface area contributed by atoms with Crippen LogP contribution in [0, 0.1) is 11.8 Å². The van der Waals surface area contributed by atoms with Crippen LogP contribution in [-0.4, -0.2) is 37.1 Å². The van der Waals surface area contributed by atoms with Gasteiger partial charge >= 0.3 is 0 Å². The Morgan fingerprint density at radius 1 is 1.00 bits per heavy atom. The van der Waals surface area contributed by atoms with Gasteiger partial charge in [0.2, 0.25) is 0 Å². The molecule has 0 aliphatic rings. The number of likely N-dealkylation sites (N-methyl/N-ethyl adjacent to an activating group) is 2. The zero-order valence-electron chi connectivity index (χ0n) is 11.7. The first-order chi connectivity index (χ1) is 6.91. The van der Waals surface area contributed by atoms with Gasteiger partial charge in [-0.1, -0.05) is 34.6 Å². The van der Waals surface area contributed by atoms with E-state index in [9.17, 15) is 0 Å². The van der Waals surface area contributed by atoms with Crippen molar-refractivity contribution in [1.29, 1.82) is 0 Å². The van der Waals surface area contributed by atoms with Crippen LogP contribution in [0.2, 0.25) is 0 Å². The van der Waals surface area contributed by atoms with Crippen LogP contribution >= 0.6 is 0 Å². The molecule has 0 radical (unpaired) electrons. The first kappa shape index (κ1) is 14.9. The summed E-state index contributed by atoms with van der Waals surface area (Å²) in [5, 5.41) is 3.46. The maximum Gasteiger partial charge on any atom is 0.0243 e. The Kier molecular flexibility index (Phi) is 7.20. The number of hydrogen-bond acceptors (Lipinski definition) is 2. The molecule has 15 heavy (non-hydrogen) atoms. The highest BCUT2D eigenvalue weighted by atomic mass is 15.2. The summed E-state index contributed by atoms with van der Waals surface area (Å²) in [7, 11) is 2.26. The van der Waals surface area contributed by atoms with Crippen molar-refractivity contribution in [1.82, 2.24) is 10.2 Å². The lowest BCUT2D eigenvalue weighted by atomic mass is 9.97. The molecular weight excluding hydrogens is 184 g/mol. The van der Waals surface area contributed by atoms with Crippen LogP contribution in [0.25, 0.3) is 0 Å². The molecule has 0 aromatic rings. The standard InChI is InChI=1S/C13H30N2/c1-8-14-9-13(11(4)5)15(7)12(6)10(2)3/h10-14H,8-9H2,1-7H3.